The fraction of sp³-hybridized carbons (Fsp3) is 0.368. The number of hydrogen-bond acceptors (Lipinski definition) is 0. The van der Waals surface area contributed by atoms with E-state index in [9.17, 15) is 0 Å². The van der Waals surface area contributed by atoms with E-state index >= 15 is 0 Å². The topological polar surface area (TPSA) is 0 Å². The van der Waals surface area contributed by atoms with Crippen molar-refractivity contribution in [3.05, 3.63) is 69.8 Å². The van der Waals surface area contributed by atoms with Crippen LogP contribution in [0.1, 0.15) is 45.2 Å². The summed E-state index contributed by atoms with van der Waals surface area (Å²) in [6.07, 6.45) is 7.98. The quantitative estimate of drug-likeness (QED) is 0.675. The van der Waals surface area contributed by atoms with Crippen LogP contribution in [0, 0.1) is 0 Å². The number of allylic oxidation sites excluding steroid dienone is 6. The molecule has 0 bridgehead atoms. The van der Waals surface area contributed by atoms with Gasteiger partial charge in [-0.05, 0) is 62.3 Å². The number of hydrogen-bond donors (Lipinski definition) is 0. The largest absolute Gasteiger partial charge is 0.0766 e. The highest BCUT2D eigenvalue weighted by Gasteiger charge is 2.07. The Kier molecular flexibility index (Phi) is 4.42. The standard InChI is InChI=1S/C19H24/c1-5-17-7-6-8-18(12-17)13-19-10-9-14(2)15(3)11-16(19)4/h6-8,10-12H,5,9,13H2,1-4H3. The lowest BCUT2D eigenvalue weighted by Gasteiger charge is -2.09. The fourth-order valence-corrected chi connectivity index (χ4v) is 2.53. The highest BCUT2D eigenvalue weighted by Crippen LogP contribution is 2.25. The van der Waals surface area contributed by atoms with Crippen molar-refractivity contribution in [3.8, 4) is 0 Å². The molecule has 0 saturated heterocycles. The second-order valence-electron chi connectivity index (χ2n) is 5.57. The van der Waals surface area contributed by atoms with E-state index in [1.165, 1.54) is 33.4 Å². The molecular weight excluding hydrogens is 228 g/mol. The molecule has 0 unspecified atom stereocenters. The highest BCUT2D eigenvalue weighted by atomic mass is 14.1. The summed E-state index contributed by atoms with van der Waals surface area (Å²) in [5.74, 6) is 0. The third-order valence-corrected chi connectivity index (χ3v) is 4.06. The number of rotatable bonds is 3. The zero-order valence-electron chi connectivity index (χ0n) is 12.6. The summed E-state index contributed by atoms with van der Waals surface area (Å²) >= 11 is 0. The zero-order chi connectivity index (χ0) is 13.8. The van der Waals surface area contributed by atoms with Gasteiger partial charge in [0.2, 0.25) is 0 Å². The van der Waals surface area contributed by atoms with Crippen LogP contribution >= 0.6 is 0 Å². The highest BCUT2D eigenvalue weighted by molar-refractivity contribution is 5.43. The van der Waals surface area contributed by atoms with Gasteiger partial charge < -0.3 is 0 Å². The molecule has 1 aromatic carbocycles. The second-order valence-corrected chi connectivity index (χ2v) is 5.57. The van der Waals surface area contributed by atoms with E-state index in [0.29, 0.717) is 0 Å². The van der Waals surface area contributed by atoms with Gasteiger partial charge in [-0.2, -0.15) is 0 Å². The average molecular weight is 252 g/mol. The molecule has 0 N–H and O–H groups in total. The van der Waals surface area contributed by atoms with E-state index in [1.54, 1.807) is 0 Å². The number of benzene rings is 1. The molecule has 0 spiro atoms. The minimum absolute atomic E-state index is 1.05. The maximum atomic E-state index is 2.40. The molecule has 0 fully saturated rings. The van der Waals surface area contributed by atoms with Gasteiger partial charge in [-0.15, -0.1) is 0 Å². The smallest absolute Gasteiger partial charge is 0.00261 e. The van der Waals surface area contributed by atoms with Crippen LogP contribution < -0.4 is 0 Å². The Bertz CT molecular complexity index is 553. The molecule has 0 radical (unpaired) electrons. The minimum Gasteiger partial charge on any atom is -0.0766 e. The average Bonchev–Trinajstić information content (AvgIpc) is 2.53. The molecule has 100 valence electrons. The van der Waals surface area contributed by atoms with Crippen LogP contribution in [0.3, 0.4) is 0 Å². The second kappa shape index (κ2) is 6.06. The molecule has 0 heteroatoms. The van der Waals surface area contributed by atoms with Gasteiger partial charge in [0.1, 0.15) is 0 Å². The van der Waals surface area contributed by atoms with Crippen LogP contribution in [-0.4, -0.2) is 0 Å². The fourth-order valence-electron chi connectivity index (χ4n) is 2.53. The summed E-state index contributed by atoms with van der Waals surface area (Å²) in [4.78, 5) is 0. The van der Waals surface area contributed by atoms with Crippen molar-refractivity contribution >= 4 is 0 Å². The van der Waals surface area contributed by atoms with E-state index in [-0.39, 0.29) is 0 Å². The first-order valence-electron chi connectivity index (χ1n) is 7.22. The summed E-state index contributed by atoms with van der Waals surface area (Å²) < 4.78 is 0. The molecule has 0 heterocycles. The molecule has 0 saturated carbocycles. The molecule has 0 aliphatic heterocycles. The first kappa shape index (κ1) is 13.9. The van der Waals surface area contributed by atoms with Crippen molar-refractivity contribution in [2.24, 2.45) is 0 Å². The van der Waals surface area contributed by atoms with E-state index < -0.39 is 0 Å². The SMILES string of the molecule is CCc1cccc(CC2=CCC(C)=C(C)C=C2C)c1. The van der Waals surface area contributed by atoms with Crippen molar-refractivity contribution in [2.45, 2.75) is 47.0 Å². The Morgan fingerprint density at radius 2 is 1.79 bits per heavy atom. The van der Waals surface area contributed by atoms with E-state index in [2.05, 4.69) is 64.1 Å². The lowest BCUT2D eigenvalue weighted by molar-refractivity contribution is 1.08. The summed E-state index contributed by atoms with van der Waals surface area (Å²) in [5, 5.41) is 0. The van der Waals surface area contributed by atoms with Crippen LogP contribution in [0.4, 0.5) is 0 Å². The maximum absolute atomic E-state index is 2.40. The van der Waals surface area contributed by atoms with Crippen LogP contribution in [-0.2, 0) is 12.8 Å². The normalized spacial score (nSPS) is 16.0. The summed E-state index contributed by atoms with van der Waals surface area (Å²) in [7, 11) is 0. The number of aryl methyl sites for hydroxylation is 1. The molecule has 1 aliphatic carbocycles. The van der Waals surface area contributed by atoms with E-state index in [1.807, 2.05) is 0 Å². The van der Waals surface area contributed by atoms with Crippen molar-refractivity contribution in [1.29, 1.82) is 0 Å². The van der Waals surface area contributed by atoms with Gasteiger partial charge in [-0.1, -0.05) is 54.5 Å². The van der Waals surface area contributed by atoms with Gasteiger partial charge in [0, 0.05) is 0 Å². The van der Waals surface area contributed by atoms with Gasteiger partial charge in [-0.3, -0.25) is 0 Å². The molecule has 0 nitrogen and oxygen atoms in total. The van der Waals surface area contributed by atoms with Gasteiger partial charge in [0.25, 0.3) is 0 Å². The van der Waals surface area contributed by atoms with E-state index in [4.69, 9.17) is 0 Å². The van der Waals surface area contributed by atoms with Gasteiger partial charge >= 0.3 is 0 Å². The molecule has 0 atom stereocenters. The van der Waals surface area contributed by atoms with Crippen molar-refractivity contribution in [3.63, 3.8) is 0 Å². The first-order valence-corrected chi connectivity index (χ1v) is 7.22. The van der Waals surface area contributed by atoms with Gasteiger partial charge in [0.05, 0.1) is 0 Å². The Morgan fingerprint density at radius 3 is 2.53 bits per heavy atom. The van der Waals surface area contributed by atoms with Crippen molar-refractivity contribution in [2.75, 3.05) is 0 Å². The first-order chi connectivity index (χ1) is 9.10. The summed E-state index contributed by atoms with van der Waals surface area (Å²) in [6, 6.07) is 8.97. The molecule has 0 aromatic heterocycles. The van der Waals surface area contributed by atoms with Crippen molar-refractivity contribution < 1.29 is 0 Å². The van der Waals surface area contributed by atoms with Crippen LogP contribution in [0.5, 0.6) is 0 Å². The Morgan fingerprint density at radius 1 is 1.05 bits per heavy atom. The van der Waals surface area contributed by atoms with Gasteiger partial charge in [-0.25, -0.2) is 0 Å². The maximum Gasteiger partial charge on any atom is -0.00261 e. The van der Waals surface area contributed by atoms with Crippen molar-refractivity contribution in [1.82, 2.24) is 0 Å². The Balaban J connectivity index is 2.22. The molecule has 1 aromatic rings. The van der Waals surface area contributed by atoms with Crippen LogP contribution in [0.15, 0.2) is 58.7 Å². The minimum atomic E-state index is 1.05. The van der Waals surface area contributed by atoms with Crippen LogP contribution in [0.2, 0.25) is 0 Å². The monoisotopic (exact) mass is 252 g/mol. The molecule has 19 heavy (non-hydrogen) atoms. The summed E-state index contributed by atoms with van der Waals surface area (Å²) in [5.41, 5.74) is 8.65. The molecule has 1 aliphatic rings. The van der Waals surface area contributed by atoms with E-state index in [0.717, 1.165) is 19.3 Å². The molecule has 0 amide bonds. The van der Waals surface area contributed by atoms with Gasteiger partial charge in [0.15, 0.2) is 0 Å². The summed E-state index contributed by atoms with van der Waals surface area (Å²) in [6.45, 7) is 8.90. The lowest BCUT2D eigenvalue weighted by atomic mass is 9.97. The third-order valence-electron chi connectivity index (χ3n) is 4.06. The molecule has 2 rings (SSSR count). The third kappa shape index (κ3) is 3.47. The molecular formula is C19H24. The van der Waals surface area contributed by atoms with Crippen LogP contribution in [0.25, 0.3) is 0 Å². The zero-order valence-corrected chi connectivity index (χ0v) is 12.6. The predicted molar refractivity (Wildman–Crippen MR) is 84.4 cm³/mol. The Labute approximate surface area is 117 Å². The Hall–Kier alpha value is -1.56. The lowest BCUT2D eigenvalue weighted by Crippen LogP contribution is -1.94. The predicted octanol–water partition coefficient (Wildman–Crippen LogP) is 5.40.